The Morgan fingerprint density at radius 3 is 2.40 bits per heavy atom. The summed E-state index contributed by atoms with van der Waals surface area (Å²) in [5.41, 5.74) is -0.0533. The average molecular weight is 217 g/mol. The number of aliphatic hydroxyl groups is 2. The van der Waals surface area contributed by atoms with Gasteiger partial charge in [0.1, 0.15) is 0 Å². The van der Waals surface area contributed by atoms with E-state index in [4.69, 9.17) is 4.74 Å². The van der Waals surface area contributed by atoms with Crippen molar-refractivity contribution in [3.05, 3.63) is 0 Å². The molecule has 1 rings (SSSR count). The molecule has 0 amide bonds. The van der Waals surface area contributed by atoms with Gasteiger partial charge in [-0.1, -0.05) is 13.8 Å². The number of rotatable bonds is 6. The van der Waals surface area contributed by atoms with E-state index in [9.17, 15) is 10.2 Å². The van der Waals surface area contributed by atoms with Gasteiger partial charge in [-0.25, -0.2) is 0 Å². The van der Waals surface area contributed by atoms with Crippen molar-refractivity contribution in [2.75, 3.05) is 26.4 Å². The second-order valence-electron chi connectivity index (χ2n) is 4.46. The van der Waals surface area contributed by atoms with E-state index in [0.29, 0.717) is 13.2 Å². The van der Waals surface area contributed by atoms with E-state index < -0.39 is 6.10 Å². The summed E-state index contributed by atoms with van der Waals surface area (Å²) in [6.45, 7) is 6.09. The van der Waals surface area contributed by atoms with Crippen LogP contribution in [0.5, 0.6) is 0 Å². The smallest absolute Gasteiger partial charge is 0.0948 e. The Balaban J connectivity index is 2.39. The first-order valence-corrected chi connectivity index (χ1v) is 5.77. The molecule has 4 heteroatoms. The molecular formula is C11H23NO3. The molecule has 1 aliphatic heterocycles. The number of hydrogen-bond acceptors (Lipinski definition) is 4. The van der Waals surface area contributed by atoms with Crippen molar-refractivity contribution in [3.8, 4) is 0 Å². The first kappa shape index (κ1) is 12.9. The second kappa shape index (κ2) is 5.80. The molecule has 90 valence electrons. The predicted octanol–water partition coefficient (Wildman–Crippen LogP) is 0.134. The van der Waals surface area contributed by atoms with Crippen LogP contribution < -0.4 is 5.32 Å². The summed E-state index contributed by atoms with van der Waals surface area (Å²) in [6, 6.07) is 0.0222. The minimum Gasteiger partial charge on any atom is -0.396 e. The maximum atomic E-state index is 9.55. The van der Waals surface area contributed by atoms with Gasteiger partial charge in [0.2, 0.25) is 0 Å². The van der Waals surface area contributed by atoms with Crippen molar-refractivity contribution < 1.29 is 14.9 Å². The second-order valence-corrected chi connectivity index (χ2v) is 4.46. The fourth-order valence-corrected chi connectivity index (χ4v) is 1.87. The van der Waals surface area contributed by atoms with Crippen LogP contribution in [0.25, 0.3) is 0 Å². The summed E-state index contributed by atoms with van der Waals surface area (Å²) >= 11 is 0. The molecule has 1 heterocycles. The third kappa shape index (κ3) is 3.14. The van der Waals surface area contributed by atoms with Crippen molar-refractivity contribution in [1.29, 1.82) is 0 Å². The molecule has 3 N–H and O–H groups in total. The zero-order chi connectivity index (χ0) is 11.3. The van der Waals surface area contributed by atoms with E-state index in [2.05, 4.69) is 19.2 Å². The Labute approximate surface area is 91.6 Å². The molecule has 0 saturated carbocycles. The van der Waals surface area contributed by atoms with E-state index in [1.165, 1.54) is 0 Å². The largest absolute Gasteiger partial charge is 0.396 e. The predicted molar refractivity (Wildman–Crippen MR) is 58.7 cm³/mol. The summed E-state index contributed by atoms with van der Waals surface area (Å²) in [5, 5.41) is 22.2. The van der Waals surface area contributed by atoms with Gasteiger partial charge in [0, 0.05) is 18.6 Å². The molecule has 1 saturated heterocycles. The highest BCUT2D eigenvalue weighted by atomic mass is 16.5. The van der Waals surface area contributed by atoms with Gasteiger partial charge in [0.25, 0.3) is 0 Å². The van der Waals surface area contributed by atoms with Crippen LogP contribution in [0.4, 0.5) is 0 Å². The van der Waals surface area contributed by atoms with Crippen LogP contribution in [0.15, 0.2) is 0 Å². The standard InChI is InChI=1S/C11H23NO3/c1-3-11(4-2,8-13)7-12-9-5-15-6-10(9)14/h9-10,12-14H,3-8H2,1-2H3. The third-order valence-corrected chi connectivity index (χ3v) is 3.63. The van der Waals surface area contributed by atoms with Crippen molar-refractivity contribution in [1.82, 2.24) is 5.32 Å². The molecule has 1 fully saturated rings. The first-order chi connectivity index (χ1) is 7.17. The van der Waals surface area contributed by atoms with Crippen LogP contribution in [0.2, 0.25) is 0 Å². The van der Waals surface area contributed by atoms with Gasteiger partial charge in [-0.05, 0) is 12.8 Å². The van der Waals surface area contributed by atoms with Crippen molar-refractivity contribution in [3.63, 3.8) is 0 Å². The Morgan fingerprint density at radius 1 is 1.33 bits per heavy atom. The average Bonchev–Trinajstić information content (AvgIpc) is 2.67. The van der Waals surface area contributed by atoms with Crippen LogP contribution >= 0.6 is 0 Å². The minimum absolute atomic E-state index is 0.0222. The van der Waals surface area contributed by atoms with Gasteiger partial charge in [-0.15, -0.1) is 0 Å². The zero-order valence-electron chi connectivity index (χ0n) is 9.70. The van der Waals surface area contributed by atoms with Gasteiger partial charge in [0.05, 0.1) is 25.4 Å². The Morgan fingerprint density at radius 2 is 2.00 bits per heavy atom. The highest BCUT2D eigenvalue weighted by Crippen LogP contribution is 2.24. The van der Waals surface area contributed by atoms with E-state index >= 15 is 0 Å². The molecule has 0 aromatic rings. The summed E-state index contributed by atoms with van der Waals surface area (Å²) in [4.78, 5) is 0. The maximum Gasteiger partial charge on any atom is 0.0948 e. The molecule has 0 aromatic heterocycles. The van der Waals surface area contributed by atoms with Crippen molar-refractivity contribution in [2.45, 2.75) is 38.8 Å². The topological polar surface area (TPSA) is 61.7 Å². The van der Waals surface area contributed by atoms with E-state index in [0.717, 1.165) is 19.4 Å². The van der Waals surface area contributed by atoms with E-state index in [1.54, 1.807) is 0 Å². The van der Waals surface area contributed by atoms with Gasteiger partial charge in [-0.2, -0.15) is 0 Å². The molecule has 0 bridgehead atoms. The molecule has 2 atom stereocenters. The first-order valence-electron chi connectivity index (χ1n) is 5.77. The molecule has 1 aliphatic rings. The van der Waals surface area contributed by atoms with Crippen LogP contribution in [0.1, 0.15) is 26.7 Å². The molecule has 2 unspecified atom stereocenters. The SMILES string of the molecule is CCC(CC)(CO)CNC1COCC1O. The lowest BCUT2D eigenvalue weighted by atomic mass is 9.83. The summed E-state index contributed by atoms with van der Waals surface area (Å²) < 4.78 is 5.16. The molecule has 0 aliphatic carbocycles. The van der Waals surface area contributed by atoms with Gasteiger partial charge >= 0.3 is 0 Å². The third-order valence-electron chi connectivity index (χ3n) is 3.63. The fraction of sp³-hybridized carbons (Fsp3) is 1.00. The zero-order valence-corrected chi connectivity index (χ0v) is 9.70. The van der Waals surface area contributed by atoms with Crippen LogP contribution in [0, 0.1) is 5.41 Å². The Hall–Kier alpha value is -0.160. The van der Waals surface area contributed by atoms with Gasteiger partial charge in [-0.3, -0.25) is 0 Å². The van der Waals surface area contributed by atoms with Crippen LogP contribution in [0.3, 0.4) is 0 Å². The van der Waals surface area contributed by atoms with Crippen LogP contribution in [-0.4, -0.2) is 48.7 Å². The lowest BCUT2D eigenvalue weighted by Gasteiger charge is -2.31. The highest BCUT2D eigenvalue weighted by molar-refractivity contribution is 4.85. The summed E-state index contributed by atoms with van der Waals surface area (Å²) in [5.74, 6) is 0. The van der Waals surface area contributed by atoms with E-state index in [1.807, 2.05) is 0 Å². The molecule has 0 spiro atoms. The minimum atomic E-state index is -0.407. The Kier molecular flexibility index (Phi) is 4.99. The van der Waals surface area contributed by atoms with Crippen molar-refractivity contribution in [2.24, 2.45) is 5.41 Å². The molecular weight excluding hydrogens is 194 g/mol. The monoisotopic (exact) mass is 217 g/mol. The molecule has 4 nitrogen and oxygen atoms in total. The summed E-state index contributed by atoms with van der Waals surface area (Å²) in [6.07, 6.45) is 1.47. The lowest BCUT2D eigenvalue weighted by molar-refractivity contribution is 0.0964. The normalized spacial score (nSPS) is 27.2. The van der Waals surface area contributed by atoms with Gasteiger partial charge < -0.3 is 20.3 Å². The summed E-state index contributed by atoms with van der Waals surface area (Å²) in [7, 11) is 0. The Bertz CT molecular complexity index is 174. The molecule has 0 radical (unpaired) electrons. The number of ether oxygens (including phenoxy) is 1. The maximum absolute atomic E-state index is 9.55. The molecule has 0 aromatic carbocycles. The number of nitrogens with one attached hydrogen (secondary N) is 1. The lowest BCUT2D eigenvalue weighted by Crippen LogP contribution is -2.46. The van der Waals surface area contributed by atoms with Crippen molar-refractivity contribution >= 4 is 0 Å². The quantitative estimate of drug-likeness (QED) is 0.592. The fourth-order valence-electron chi connectivity index (χ4n) is 1.87. The van der Waals surface area contributed by atoms with Gasteiger partial charge in [0.15, 0.2) is 0 Å². The van der Waals surface area contributed by atoms with E-state index in [-0.39, 0.29) is 18.1 Å². The number of aliphatic hydroxyl groups excluding tert-OH is 2. The highest BCUT2D eigenvalue weighted by Gasteiger charge is 2.30. The van der Waals surface area contributed by atoms with Crippen LogP contribution in [-0.2, 0) is 4.74 Å². The molecule has 15 heavy (non-hydrogen) atoms. The number of hydrogen-bond donors (Lipinski definition) is 3.